The van der Waals surface area contributed by atoms with Gasteiger partial charge in [0.05, 0.1) is 6.04 Å². The fraction of sp³-hybridized carbons (Fsp3) is 0.818. The first kappa shape index (κ1) is 15.5. The maximum absolute atomic E-state index is 12.3. The summed E-state index contributed by atoms with van der Waals surface area (Å²) in [5.74, 6) is -0.276. The van der Waals surface area contributed by atoms with Crippen molar-refractivity contribution in [3.8, 4) is 0 Å². The molecule has 3 fully saturated rings. The maximum Gasteiger partial charge on any atom is 0.418 e. The number of nitrogens with zero attached hydrogens (tertiary/aromatic N) is 3. The van der Waals surface area contributed by atoms with Crippen molar-refractivity contribution in [2.75, 3.05) is 19.6 Å². The van der Waals surface area contributed by atoms with Crippen LogP contribution < -0.4 is 5.43 Å². The smallest absolute Gasteiger partial charge is 0.309 e. The Bertz CT molecular complexity index is 575. The molecule has 3 aliphatic heterocycles. The fourth-order valence-electron chi connectivity index (χ4n) is 3.16. The van der Waals surface area contributed by atoms with Gasteiger partial charge in [-0.2, -0.15) is 13.5 Å². The summed E-state index contributed by atoms with van der Waals surface area (Å²) in [6.45, 7) is 1.77. The number of rotatable bonds is 4. The third kappa shape index (κ3) is 3.02. The van der Waals surface area contributed by atoms with Gasteiger partial charge >= 0.3 is 16.4 Å². The molecular formula is C11H18N4O6S. The van der Waals surface area contributed by atoms with Crippen LogP contribution in [0, 0.1) is 0 Å². The van der Waals surface area contributed by atoms with Crippen molar-refractivity contribution in [1.29, 1.82) is 0 Å². The van der Waals surface area contributed by atoms with Gasteiger partial charge in [0.2, 0.25) is 0 Å². The van der Waals surface area contributed by atoms with E-state index in [1.165, 1.54) is 4.90 Å². The lowest BCUT2D eigenvalue weighted by molar-refractivity contribution is -0.130. The third-order valence-corrected chi connectivity index (χ3v) is 4.52. The standard InChI is InChI=1S/C11H18N4O6S/c16-10(12-13-5-1-2-6-13)9-4-3-8-7-14(9)11(17)15(8)21-22(18,19)20/h8-9H,1-7H2,(H,12,16)(H,18,19,20)/t8-,9+/m0/s1. The summed E-state index contributed by atoms with van der Waals surface area (Å²) in [7, 11) is -4.77. The van der Waals surface area contributed by atoms with Gasteiger partial charge in [-0.25, -0.2) is 9.80 Å². The molecule has 2 atom stereocenters. The third-order valence-electron chi connectivity index (χ3n) is 4.17. The number of carbonyl (C=O) groups is 2. The van der Waals surface area contributed by atoms with Crippen LogP contribution in [0.5, 0.6) is 0 Å². The second-order valence-electron chi connectivity index (χ2n) is 5.68. The predicted octanol–water partition coefficient (Wildman–Crippen LogP) is -0.884. The van der Waals surface area contributed by atoms with Gasteiger partial charge in [0.25, 0.3) is 5.91 Å². The van der Waals surface area contributed by atoms with Crippen LogP contribution in [0.1, 0.15) is 25.7 Å². The van der Waals surface area contributed by atoms with E-state index in [4.69, 9.17) is 4.55 Å². The number of nitrogens with one attached hydrogen (secondary N) is 1. The van der Waals surface area contributed by atoms with E-state index < -0.39 is 28.5 Å². The zero-order chi connectivity index (χ0) is 15.9. The molecule has 0 aromatic rings. The molecule has 0 radical (unpaired) electrons. The zero-order valence-electron chi connectivity index (χ0n) is 11.8. The van der Waals surface area contributed by atoms with Crippen LogP contribution in [0.15, 0.2) is 0 Å². The summed E-state index contributed by atoms with van der Waals surface area (Å²) in [5, 5.41) is 2.46. The molecule has 0 saturated carbocycles. The summed E-state index contributed by atoms with van der Waals surface area (Å²) < 4.78 is 34.7. The molecule has 3 heterocycles. The first-order chi connectivity index (χ1) is 10.3. The lowest BCUT2D eigenvalue weighted by Gasteiger charge is -2.30. The molecule has 0 aliphatic carbocycles. The first-order valence-electron chi connectivity index (χ1n) is 7.17. The average Bonchev–Trinajstić information content (AvgIpc) is 3.01. The Morgan fingerprint density at radius 1 is 1.27 bits per heavy atom. The molecule has 3 rings (SSSR count). The number of fused-ring (bicyclic) bond motifs is 2. The van der Waals surface area contributed by atoms with Crippen molar-refractivity contribution >= 4 is 22.3 Å². The first-order valence-corrected chi connectivity index (χ1v) is 8.54. The van der Waals surface area contributed by atoms with Crippen LogP contribution in [0.25, 0.3) is 0 Å². The maximum atomic E-state index is 12.3. The minimum atomic E-state index is -4.77. The number of piperidine rings is 1. The molecule has 0 aromatic heterocycles. The van der Waals surface area contributed by atoms with Crippen LogP contribution in [0.3, 0.4) is 0 Å². The molecular weight excluding hydrogens is 316 g/mol. The summed E-state index contributed by atoms with van der Waals surface area (Å²) in [6.07, 6.45) is 2.88. The molecule has 0 aromatic carbocycles. The summed E-state index contributed by atoms with van der Waals surface area (Å²) in [6, 6.07) is -1.86. The summed E-state index contributed by atoms with van der Waals surface area (Å²) in [5.41, 5.74) is 2.79. The molecule has 11 heteroatoms. The predicted molar refractivity (Wildman–Crippen MR) is 72.3 cm³/mol. The number of urea groups is 1. The SMILES string of the molecule is O=C(NN1CCCC1)[C@H]1CC[C@H]2CN1C(=O)N2OS(=O)(=O)O. The second kappa shape index (κ2) is 5.65. The van der Waals surface area contributed by atoms with Gasteiger partial charge in [-0.3, -0.25) is 14.8 Å². The van der Waals surface area contributed by atoms with Crippen LogP contribution in [-0.4, -0.2) is 71.6 Å². The number of carbonyl (C=O) groups excluding carboxylic acids is 2. The zero-order valence-corrected chi connectivity index (χ0v) is 12.7. The van der Waals surface area contributed by atoms with Crippen LogP contribution in [0.4, 0.5) is 4.79 Å². The topological polar surface area (TPSA) is 119 Å². The molecule has 10 nitrogen and oxygen atoms in total. The number of hydrogen-bond donors (Lipinski definition) is 2. The van der Waals surface area contributed by atoms with E-state index in [1.807, 2.05) is 5.01 Å². The summed E-state index contributed by atoms with van der Waals surface area (Å²) >= 11 is 0. The van der Waals surface area contributed by atoms with E-state index in [9.17, 15) is 18.0 Å². The number of hydroxylamine groups is 2. The highest BCUT2D eigenvalue weighted by molar-refractivity contribution is 7.80. The number of amides is 3. The number of hydrogen-bond acceptors (Lipinski definition) is 6. The van der Waals surface area contributed by atoms with E-state index in [1.54, 1.807) is 0 Å². The van der Waals surface area contributed by atoms with E-state index in [0.29, 0.717) is 17.9 Å². The van der Waals surface area contributed by atoms with Crippen molar-refractivity contribution < 1.29 is 26.8 Å². The van der Waals surface area contributed by atoms with Crippen LogP contribution in [0.2, 0.25) is 0 Å². The Morgan fingerprint density at radius 2 is 1.95 bits per heavy atom. The molecule has 3 saturated heterocycles. The lowest BCUT2D eigenvalue weighted by atomic mass is 10.0. The quantitative estimate of drug-likeness (QED) is 0.640. The second-order valence-corrected chi connectivity index (χ2v) is 6.68. The van der Waals surface area contributed by atoms with Crippen molar-refractivity contribution in [2.24, 2.45) is 0 Å². The molecule has 2 bridgehead atoms. The molecule has 3 aliphatic rings. The fourth-order valence-corrected chi connectivity index (χ4v) is 3.55. The Kier molecular flexibility index (Phi) is 3.97. The van der Waals surface area contributed by atoms with Crippen molar-refractivity contribution in [1.82, 2.24) is 20.4 Å². The van der Waals surface area contributed by atoms with E-state index >= 15 is 0 Å². The highest BCUT2D eigenvalue weighted by Gasteiger charge is 2.49. The lowest BCUT2D eigenvalue weighted by Crippen LogP contribution is -2.53. The Hall–Kier alpha value is -1.43. The van der Waals surface area contributed by atoms with E-state index in [-0.39, 0.29) is 12.5 Å². The normalized spacial score (nSPS) is 29.2. The highest BCUT2D eigenvalue weighted by atomic mass is 32.3. The largest absolute Gasteiger partial charge is 0.418 e. The highest BCUT2D eigenvalue weighted by Crippen LogP contribution is 2.30. The van der Waals surface area contributed by atoms with Crippen molar-refractivity contribution in [3.63, 3.8) is 0 Å². The van der Waals surface area contributed by atoms with E-state index in [2.05, 4.69) is 9.71 Å². The molecule has 0 unspecified atom stereocenters. The Morgan fingerprint density at radius 3 is 2.59 bits per heavy atom. The van der Waals surface area contributed by atoms with Crippen molar-refractivity contribution in [2.45, 2.75) is 37.8 Å². The van der Waals surface area contributed by atoms with Crippen LogP contribution in [-0.2, 0) is 19.5 Å². The minimum absolute atomic E-state index is 0.201. The Labute approximate surface area is 127 Å². The number of hydrazine groups is 1. The van der Waals surface area contributed by atoms with Gasteiger partial charge in [0.1, 0.15) is 6.04 Å². The molecule has 22 heavy (non-hydrogen) atoms. The Balaban J connectivity index is 1.67. The molecule has 0 spiro atoms. The van der Waals surface area contributed by atoms with Gasteiger partial charge in [0, 0.05) is 19.6 Å². The van der Waals surface area contributed by atoms with E-state index in [0.717, 1.165) is 25.9 Å². The average molecular weight is 334 g/mol. The van der Waals surface area contributed by atoms with Gasteiger partial charge in [-0.05, 0) is 25.7 Å². The van der Waals surface area contributed by atoms with Gasteiger partial charge in [-0.1, -0.05) is 0 Å². The summed E-state index contributed by atoms with van der Waals surface area (Å²) in [4.78, 5) is 25.8. The van der Waals surface area contributed by atoms with Gasteiger partial charge < -0.3 is 4.90 Å². The van der Waals surface area contributed by atoms with Crippen molar-refractivity contribution in [3.05, 3.63) is 0 Å². The van der Waals surface area contributed by atoms with Gasteiger partial charge in [-0.15, -0.1) is 4.28 Å². The van der Waals surface area contributed by atoms with Gasteiger partial charge in [0.15, 0.2) is 0 Å². The molecule has 3 amide bonds. The minimum Gasteiger partial charge on any atom is -0.309 e. The molecule has 124 valence electrons. The van der Waals surface area contributed by atoms with Crippen LogP contribution >= 0.6 is 0 Å². The molecule has 2 N–H and O–H groups in total. The monoisotopic (exact) mass is 334 g/mol.